The van der Waals surface area contributed by atoms with Gasteiger partial charge >= 0.3 is 0 Å². The summed E-state index contributed by atoms with van der Waals surface area (Å²) in [5.74, 6) is -0.264. The van der Waals surface area contributed by atoms with Gasteiger partial charge in [0.1, 0.15) is 5.82 Å². The van der Waals surface area contributed by atoms with Gasteiger partial charge in [0.05, 0.1) is 18.7 Å². The summed E-state index contributed by atoms with van der Waals surface area (Å²) in [6.07, 6.45) is 1.86. The number of nitrogens with one attached hydrogen (secondary N) is 1. The number of likely N-dealkylation sites (tertiary alicyclic amines) is 1. The predicted molar refractivity (Wildman–Crippen MR) is 107 cm³/mol. The molecule has 2 aromatic carbocycles. The predicted octanol–water partition coefficient (Wildman–Crippen LogP) is 2.69. The van der Waals surface area contributed by atoms with Crippen LogP contribution in [0.5, 0.6) is 0 Å². The van der Waals surface area contributed by atoms with E-state index in [-0.39, 0.29) is 48.2 Å². The van der Waals surface area contributed by atoms with E-state index in [0.29, 0.717) is 6.54 Å². The Labute approximate surface area is 169 Å². The molecule has 1 saturated heterocycles. The Morgan fingerprint density at radius 2 is 1.62 bits per heavy atom. The van der Waals surface area contributed by atoms with E-state index in [0.717, 1.165) is 29.5 Å². The topological polar surface area (TPSA) is 69.6 Å². The first kappa shape index (κ1) is 19.6. The van der Waals surface area contributed by atoms with Crippen molar-refractivity contribution in [2.45, 2.75) is 37.8 Å². The molecule has 0 aromatic heterocycles. The van der Waals surface area contributed by atoms with Crippen LogP contribution in [0.4, 0.5) is 4.39 Å². The quantitative estimate of drug-likeness (QED) is 0.789. The van der Waals surface area contributed by atoms with Gasteiger partial charge in [0.25, 0.3) is 0 Å². The third-order valence-corrected chi connectivity index (χ3v) is 6.00. The van der Waals surface area contributed by atoms with Gasteiger partial charge in [-0.15, -0.1) is 0 Å². The maximum Gasteiger partial charge on any atom is 0.223 e. The molecule has 2 N–H and O–H groups in total. The van der Waals surface area contributed by atoms with Crippen LogP contribution in [0.3, 0.4) is 0 Å². The lowest BCUT2D eigenvalue weighted by molar-refractivity contribution is -0.148. The first-order valence-electron chi connectivity index (χ1n) is 10.0. The van der Waals surface area contributed by atoms with Crippen molar-refractivity contribution in [2.24, 2.45) is 5.92 Å². The van der Waals surface area contributed by atoms with Crippen LogP contribution in [-0.4, -0.2) is 47.1 Å². The molecule has 2 aliphatic rings. The average Bonchev–Trinajstić information content (AvgIpc) is 3.53. The number of aliphatic hydroxyl groups is 1. The molecule has 0 radical (unpaired) electrons. The summed E-state index contributed by atoms with van der Waals surface area (Å²) in [5.41, 5.74) is 2.90. The average molecular weight is 396 g/mol. The van der Waals surface area contributed by atoms with Gasteiger partial charge in [-0.25, -0.2) is 4.39 Å². The van der Waals surface area contributed by atoms with Crippen LogP contribution in [-0.2, 0) is 9.59 Å². The largest absolute Gasteiger partial charge is 0.394 e. The number of hydrogen-bond acceptors (Lipinski definition) is 3. The lowest BCUT2D eigenvalue weighted by atomic mass is 9.74. The van der Waals surface area contributed by atoms with E-state index in [1.165, 1.54) is 19.1 Å². The van der Waals surface area contributed by atoms with Crippen LogP contribution in [0.25, 0.3) is 11.1 Å². The van der Waals surface area contributed by atoms with Crippen molar-refractivity contribution in [1.82, 2.24) is 10.2 Å². The molecular formula is C23H25FN2O3. The molecule has 5 nitrogen and oxygen atoms in total. The minimum Gasteiger partial charge on any atom is -0.394 e. The normalized spacial score (nSPS) is 23.4. The highest BCUT2D eigenvalue weighted by atomic mass is 19.1. The van der Waals surface area contributed by atoms with Crippen molar-refractivity contribution in [1.29, 1.82) is 0 Å². The Morgan fingerprint density at radius 3 is 2.14 bits per heavy atom. The lowest BCUT2D eigenvalue weighted by Gasteiger charge is -2.54. The molecule has 0 spiro atoms. The SMILES string of the molecule is CC(=O)N1[C@H](CO)[C@@H](c2ccc(-c3ccc(F)cc3)cc2)[C@H]1CNC(=O)C1CC1. The monoisotopic (exact) mass is 396 g/mol. The van der Waals surface area contributed by atoms with Crippen LogP contribution in [0.15, 0.2) is 48.5 Å². The molecule has 6 heteroatoms. The van der Waals surface area contributed by atoms with Gasteiger partial charge in [-0.3, -0.25) is 9.59 Å². The summed E-state index contributed by atoms with van der Waals surface area (Å²) < 4.78 is 13.2. The van der Waals surface area contributed by atoms with Gasteiger partial charge in [0.15, 0.2) is 0 Å². The molecule has 2 aromatic rings. The molecule has 3 atom stereocenters. The Hall–Kier alpha value is -2.73. The number of carbonyl (C=O) groups is 2. The standard InChI is InChI=1S/C23H25FN2O3/c1-14(28)26-20(12-25-23(29)18-6-7-18)22(21(26)13-27)17-4-2-15(3-5-17)16-8-10-19(24)11-9-16/h2-5,8-11,18,20-22,27H,6-7,12-13H2,1H3,(H,25,29)/t20-,21-,22+/m1/s1. The number of hydrogen-bond donors (Lipinski definition) is 2. The van der Waals surface area contributed by atoms with Crippen molar-refractivity contribution >= 4 is 11.8 Å². The molecule has 29 heavy (non-hydrogen) atoms. The van der Waals surface area contributed by atoms with Gasteiger partial charge < -0.3 is 15.3 Å². The molecular weight excluding hydrogens is 371 g/mol. The number of rotatable bonds is 6. The molecule has 2 fully saturated rings. The number of aliphatic hydroxyl groups excluding tert-OH is 1. The highest BCUT2D eigenvalue weighted by Gasteiger charge is 2.50. The van der Waals surface area contributed by atoms with E-state index >= 15 is 0 Å². The summed E-state index contributed by atoms with van der Waals surface area (Å²) in [6.45, 7) is 1.75. The molecule has 152 valence electrons. The summed E-state index contributed by atoms with van der Waals surface area (Å²) in [6, 6.07) is 13.8. The first-order chi connectivity index (χ1) is 14.0. The minimum atomic E-state index is -0.299. The van der Waals surface area contributed by atoms with Gasteiger partial charge in [-0.1, -0.05) is 36.4 Å². The lowest BCUT2D eigenvalue weighted by Crippen LogP contribution is -2.68. The highest BCUT2D eigenvalue weighted by Crippen LogP contribution is 2.41. The Kier molecular flexibility index (Phi) is 5.37. The van der Waals surface area contributed by atoms with E-state index in [2.05, 4.69) is 5.32 Å². The number of benzene rings is 2. The fraction of sp³-hybridized carbons (Fsp3) is 0.391. The number of halogens is 1. The maximum atomic E-state index is 13.2. The summed E-state index contributed by atoms with van der Waals surface area (Å²) >= 11 is 0. The summed E-state index contributed by atoms with van der Waals surface area (Å²) in [7, 11) is 0. The molecule has 4 rings (SSSR count). The fourth-order valence-corrected chi connectivity index (χ4v) is 4.32. The van der Waals surface area contributed by atoms with E-state index in [1.807, 2.05) is 24.3 Å². The maximum absolute atomic E-state index is 13.2. The van der Waals surface area contributed by atoms with Crippen LogP contribution in [0.2, 0.25) is 0 Å². The first-order valence-corrected chi connectivity index (χ1v) is 10.0. The van der Waals surface area contributed by atoms with E-state index in [4.69, 9.17) is 0 Å². The zero-order valence-electron chi connectivity index (χ0n) is 16.3. The third kappa shape index (κ3) is 3.90. The number of carbonyl (C=O) groups excluding carboxylic acids is 2. The molecule has 0 bridgehead atoms. The fourth-order valence-electron chi connectivity index (χ4n) is 4.32. The van der Waals surface area contributed by atoms with Crippen molar-refractivity contribution in [3.63, 3.8) is 0 Å². The second-order valence-corrected chi connectivity index (χ2v) is 7.92. The van der Waals surface area contributed by atoms with Gasteiger partial charge in [-0.2, -0.15) is 0 Å². The van der Waals surface area contributed by atoms with Crippen molar-refractivity contribution in [3.05, 3.63) is 59.9 Å². The van der Waals surface area contributed by atoms with E-state index < -0.39 is 0 Å². The second kappa shape index (κ2) is 7.95. The molecule has 1 heterocycles. The van der Waals surface area contributed by atoms with Crippen LogP contribution < -0.4 is 5.32 Å². The van der Waals surface area contributed by atoms with Crippen molar-refractivity contribution in [2.75, 3.05) is 13.2 Å². The highest BCUT2D eigenvalue weighted by molar-refractivity contribution is 5.81. The molecule has 1 aliphatic carbocycles. The molecule has 1 aliphatic heterocycles. The summed E-state index contributed by atoms with van der Waals surface area (Å²) in [4.78, 5) is 25.8. The van der Waals surface area contributed by atoms with E-state index in [9.17, 15) is 19.1 Å². The van der Waals surface area contributed by atoms with Gasteiger partial charge in [-0.05, 0) is 41.7 Å². The number of nitrogens with zero attached hydrogens (tertiary/aromatic N) is 1. The molecule has 2 amide bonds. The van der Waals surface area contributed by atoms with Crippen molar-refractivity contribution in [3.8, 4) is 11.1 Å². The summed E-state index contributed by atoms with van der Waals surface area (Å²) in [5, 5.41) is 12.8. The van der Waals surface area contributed by atoms with E-state index in [1.54, 1.807) is 17.0 Å². The zero-order chi connectivity index (χ0) is 20.5. The van der Waals surface area contributed by atoms with Crippen LogP contribution in [0, 0.1) is 11.7 Å². The second-order valence-electron chi connectivity index (χ2n) is 7.92. The van der Waals surface area contributed by atoms with Crippen LogP contribution >= 0.6 is 0 Å². The third-order valence-electron chi connectivity index (χ3n) is 6.00. The molecule has 1 saturated carbocycles. The zero-order valence-corrected chi connectivity index (χ0v) is 16.3. The van der Waals surface area contributed by atoms with Gasteiger partial charge in [0.2, 0.25) is 11.8 Å². The minimum absolute atomic E-state index is 0.0476. The number of amides is 2. The smallest absolute Gasteiger partial charge is 0.223 e. The Bertz CT molecular complexity index is 893. The Balaban J connectivity index is 1.53. The Morgan fingerprint density at radius 1 is 1.03 bits per heavy atom. The van der Waals surface area contributed by atoms with Gasteiger partial charge in [0, 0.05) is 25.3 Å². The van der Waals surface area contributed by atoms with Crippen LogP contribution in [0.1, 0.15) is 31.2 Å². The van der Waals surface area contributed by atoms with Crippen molar-refractivity contribution < 1.29 is 19.1 Å². The molecule has 0 unspecified atom stereocenters.